The van der Waals surface area contributed by atoms with Gasteiger partial charge in [-0.2, -0.15) is 5.26 Å². The number of nitrogens with zero attached hydrogens (tertiary/aromatic N) is 2. The normalized spacial score (nSPS) is 26.4. The summed E-state index contributed by atoms with van der Waals surface area (Å²) in [7, 11) is 0. The van der Waals surface area contributed by atoms with Crippen molar-refractivity contribution in [1.82, 2.24) is 10.2 Å². The Morgan fingerprint density at radius 2 is 2.04 bits per heavy atom. The summed E-state index contributed by atoms with van der Waals surface area (Å²) in [6, 6.07) is 9.31. The molecule has 25 heavy (non-hydrogen) atoms. The number of rotatable bonds is 4. The molecule has 0 radical (unpaired) electrons. The van der Waals surface area contributed by atoms with Crippen LogP contribution in [0.3, 0.4) is 0 Å². The van der Waals surface area contributed by atoms with Crippen molar-refractivity contribution in [3.8, 4) is 6.07 Å². The fraction of sp³-hybridized carbons (Fsp3) is 0.500. The molecule has 5 heteroatoms. The number of carbonyl (C=O) groups excluding carboxylic acids is 1. The number of aliphatic hydroxyl groups excluding tert-OH is 1. The SMILES string of the molecule is C/C=C/c1ccc([C@H]2[C@@H](C#N)N(C(=O)NC3CCCC3)[C@H]2CO)cc1. The van der Waals surface area contributed by atoms with E-state index in [1.807, 2.05) is 43.3 Å². The highest BCUT2D eigenvalue weighted by Gasteiger charge is 2.51. The Kier molecular flexibility index (Phi) is 5.40. The summed E-state index contributed by atoms with van der Waals surface area (Å²) < 4.78 is 0. The van der Waals surface area contributed by atoms with Crippen LogP contribution < -0.4 is 5.32 Å². The maximum absolute atomic E-state index is 12.6. The Balaban J connectivity index is 1.74. The lowest BCUT2D eigenvalue weighted by atomic mass is 9.76. The standard InChI is InChI=1S/C20H25N3O2/c1-2-5-14-8-10-15(11-9-14)19-17(12-21)23(18(19)13-24)20(25)22-16-6-3-4-7-16/h2,5,8-11,16-19,24H,3-4,6-7,13H2,1H3,(H,22,25)/b5-2+/t17-,18+,19+/m1/s1. The summed E-state index contributed by atoms with van der Waals surface area (Å²) in [5.41, 5.74) is 2.08. The van der Waals surface area contributed by atoms with Crippen LogP contribution in [0.1, 0.15) is 49.7 Å². The van der Waals surface area contributed by atoms with Crippen LogP contribution in [0.15, 0.2) is 30.3 Å². The first-order valence-corrected chi connectivity index (χ1v) is 9.01. The monoisotopic (exact) mass is 339 g/mol. The summed E-state index contributed by atoms with van der Waals surface area (Å²) in [6.45, 7) is 1.83. The number of aliphatic hydroxyl groups is 1. The molecule has 2 fully saturated rings. The van der Waals surface area contributed by atoms with Gasteiger partial charge in [0, 0.05) is 12.0 Å². The van der Waals surface area contributed by atoms with Gasteiger partial charge in [0.2, 0.25) is 0 Å². The second-order valence-corrected chi connectivity index (χ2v) is 6.85. The molecule has 0 bridgehead atoms. The third kappa shape index (κ3) is 3.40. The van der Waals surface area contributed by atoms with Crippen molar-refractivity contribution in [3.63, 3.8) is 0 Å². The van der Waals surface area contributed by atoms with Crippen molar-refractivity contribution < 1.29 is 9.90 Å². The first kappa shape index (κ1) is 17.5. The zero-order valence-electron chi connectivity index (χ0n) is 14.6. The predicted octanol–water partition coefficient (Wildman–Crippen LogP) is 3.02. The highest BCUT2D eigenvalue weighted by molar-refractivity contribution is 5.77. The largest absolute Gasteiger partial charge is 0.394 e. The number of carbonyl (C=O) groups is 1. The van der Waals surface area contributed by atoms with Gasteiger partial charge in [-0.25, -0.2) is 4.79 Å². The van der Waals surface area contributed by atoms with E-state index in [1.54, 1.807) is 0 Å². The third-order valence-corrected chi connectivity index (χ3v) is 5.33. The van der Waals surface area contributed by atoms with Gasteiger partial charge in [0.05, 0.1) is 18.7 Å². The van der Waals surface area contributed by atoms with Gasteiger partial charge in [-0.05, 0) is 30.9 Å². The number of nitriles is 1. The van der Waals surface area contributed by atoms with E-state index in [9.17, 15) is 15.2 Å². The smallest absolute Gasteiger partial charge is 0.319 e. The molecule has 1 aliphatic heterocycles. The number of allylic oxidation sites excluding steroid dienone is 1. The van der Waals surface area contributed by atoms with Gasteiger partial charge >= 0.3 is 6.03 Å². The van der Waals surface area contributed by atoms with Gasteiger partial charge in [0.25, 0.3) is 0 Å². The topological polar surface area (TPSA) is 76.4 Å². The van der Waals surface area contributed by atoms with E-state index in [4.69, 9.17) is 0 Å². The number of hydrogen-bond donors (Lipinski definition) is 2. The number of benzene rings is 1. The lowest BCUT2D eigenvalue weighted by Gasteiger charge is -2.51. The summed E-state index contributed by atoms with van der Waals surface area (Å²) in [5.74, 6) is -0.149. The number of amides is 2. The van der Waals surface area contributed by atoms with E-state index in [0.29, 0.717) is 0 Å². The van der Waals surface area contributed by atoms with Crippen molar-refractivity contribution in [1.29, 1.82) is 5.26 Å². The van der Waals surface area contributed by atoms with E-state index in [-0.39, 0.29) is 30.6 Å². The molecule has 1 heterocycles. The van der Waals surface area contributed by atoms with E-state index in [1.165, 1.54) is 4.90 Å². The van der Waals surface area contributed by atoms with Crippen molar-refractivity contribution in [2.24, 2.45) is 0 Å². The molecule has 2 N–H and O–H groups in total. The van der Waals surface area contributed by atoms with Gasteiger partial charge in [-0.15, -0.1) is 0 Å². The van der Waals surface area contributed by atoms with Crippen LogP contribution in [-0.4, -0.2) is 40.8 Å². The Hall–Kier alpha value is -2.32. The molecule has 1 saturated carbocycles. The average Bonchev–Trinajstić information content (AvgIpc) is 3.09. The third-order valence-electron chi connectivity index (χ3n) is 5.33. The highest BCUT2D eigenvalue weighted by atomic mass is 16.3. The van der Waals surface area contributed by atoms with Gasteiger partial charge in [0.1, 0.15) is 6.04 Å². The molecule has 2 aliphatic rings. The number of nitrogens with one attached hydrogen (secondary N) is 1. The lowest BCUT2D eigenvalue weighted by molar-refractivity contribution is 0.0158. The van der Waals surface area contributed by atoms with Crippen LogP contribution in [0.25, 0.3) is 6.08 Å². The maximum Gasteiger partial charge on any atom is 0.319 e. The minimum absolute atomic E-state index is 0.141. The number of urea groups is 1. The molecule has 5 nitrogen and oxygen atoms in total. The van der Waals surface area contributed by atoms with Crippen LogP contribution in [0.2, 0.25) is 0 Å². The maximum atomic E-state index is 12.6. The van der Waals surface area contributed by atoms with Crippen molar-refractivity contribution in [3.05, 3.63) is 41.5 Å². The second kappa shape index (κ2) is 7.71. The minimum atomic E-state index is -0.536. The van der Waals surface area contributed by atoms with Gasteiger partial charge in [0.15, 0.2) is 0 Å². The summed E-state index contributed by atoms with van der Waals surface area (Å²) >= 11 is 0. The zero-order chi connectivity index (χ0) is 17.8. The van der Waals surface area contributed by atoms with E-state index in [2.05, 4.69) is 11.4 Å². The molecular formula is C20H25N3O2. The molecule has 0 spiro atoms. The molecular weight excluding hydrogens is 314 g/mol. The fourth-order valence-electron chi connectivity index (χ4n) is 4.03. The van der Waals surface area contributed by atoms with Crippen molar-refractivity contribution in [2.45, 2.75) is 56.7 Å². The predicted molar refractivity (Wildman–Crippen MR) is 96.8 cm³/mol. The number of hydrogen-bond acceptors (Lipinski definition) is 3. The Morgan fingerprint density at radius 1 is 1.36 bits per heavy atom. The van der Waals surface area contributed by atoms with Crippen molar-refractivity contribution >= 4 is 12.1 Å². The molecule has 132 valence electrons. The van der Waals surface area contributed by atoms with Crippen LogP contribution in [-0.2, 0) is 0 Å². The molecule has 1 aromatic carbocycles. The van der Waals surface area contributed by atoms with Crippen LogP contribution in [0.5, 0.6) is 0 Å². The fourth-order valence-corrected chi connectivity index (χ4v) is 4.03. The van der Waals surface area contributed by atoms with Gasteiger partial charge < -0.3 is 15.3 Å². The molecule has 1 aromatic rings. The van der Waals surface area contributed by atoms with E-state index < -0.39 is 6.04 Å². The Morgan fingerprint density at radius 3 is 2.60 bits per heavy atom. The summed E-state index contributed by atoms with van der Waals surface area (Å²) in [4.78, 5) is 14.1. The number of likely N-dealkylation sites (tertiary alicyclic amines) is 1. The average molecular weight is 339 g/mol. The molecule has 1 saturated heterocycles. The molecule has 3 rings (SSSR count). The molecule has 2 amide bonds. The molecule has 0 unspecified atom stereocenters. The van der Waals surface area contributed by atoms with Crippen LogP contribution in [0, 0.1) is 11.3 Å². The quantitative estimate of drug-likeness (QED) is 0.885. The first-order chi connectivity index (χ1) is 12.2. The second-order valence-electron chi connectivity index (χ2n) is 6.85. The molecule has 1 aliphatic carbocycles. The van der Waals surface area contributed by atoms with E-state index >= 15 is 0 Å². The highest BCUT2D eigenvalue weighted by Crippen LogP contribution is 2.40. The molecule has 3 atom stereocenters. The molecule has 0 aromatic heterocycles. The Labute approximate surface area is 148 Å². The summed E-state index contributed by atoms with van der Waals surface area (Å²) in [5, 5.41) is 22.4. The van der Waals surface area contributed by atoms with Crippen molar-refractivity contribution in [2.75, 3.05) is 6.61 Å². The minimum Gasteiger partial charge on any atom is -0.394 e. The summed E-state index contributed by atoms with van der Waals surface area (Å²) in [6.07, 6.45) is 8.25. The van der Waals surface area contributed by atoms with Crippen LogP contribution >= 0.6 is 0 Å². The van der Waals surface area contributed by atoms with E-state index in [0.717, 1.165) is 36.8 Å². The Bertz CT molecular complexity index is 671. The van der Waals surface area contributed by atoms with Crippen LogP contribution in [0.4, 0.5) is 4.79 Å². The zero-order valence-corrected chi connectivity index (χ0v) is 14.6. The lowest BCUT2D eigenvalue weighted by Crippen LogP contribution is -2.67. The van der Waals surface area contributed by atoms with Gasteiger partial charge in [-0.1, -0.05) is 49.3 Å². The first-order valence-electron chi connectivity index (χ1n) is 9.01. The van der Waals surface area contributed by atoms with Gasteiger partial charge in [-0.3, -0.25) is 0 Å².